The first kappa shape index (κ1) is 18.0. The second-order valence-corrected chi connectivity index (χ2v) is 7.18. The van der Waals surface area contributed by atoms with Gasteiger partial charge in [-0.2, -0.15) is 14.6 Å². The lowest BCUT2D eigenvalue weighted by molar-refractivity contribution is 0.0746. The Labute approximate surface area is 166 Å². The quantitative estimate of drug-likeness (QED) is 0.671. The summed E-state index contributed by atoms with van der Waals surface area (Å²) in [4.78, 5) is 25.5. The molecule has 0 atom stereocenters. The summed E-state index contributed by atoms with van der Waals surface area (Å²) in [5.74, 6) is 1.47. The summed E-state index contributed by atoms with van der Waals surface area (Å²) in [7, 11) is 0. The normalized spacial score (nSPS) is 14.8. The SMILES string of the molecule is CCc1cc(N2CCN(C(=O)c3ccc(Cl)cc3Cl)CC2)n2ncnc2n1. The second kappa shape index (κ2) is 7.32. The van der Waals surface area contributed by atoms with Gasteiger partial charge in [-0.1, -0.05) is 30.1 Å². The van der Waals surface area contributed by atoms with Gasteiger partial charge >= 0.3 is 0 Å². The molecule has 4 rings (SSSR count). The maximum absolute atomic E-state index is 12.8. The molecule has 1 amide bonds. The van der Waals surface area contributed by atoms with E-state index in [1.807, 2.05) is 11.0 Å². The van der Waals surface area contributed by atoms with Crippen molar-refractivity contribution in [2.75, 3.05) is 31.1 Å². The van der Waals surface area contributed by atoms with E-state index in [4.69, 9.17) is 23.2 Å². The summed E-state index contributed by atoms with van der Waals surface area (Å²) in [6.45, 7) is 4.64. The Morgan fingerprint density at radius 1 is 1.15 bits per heavy atom. The Bertz CT molecular complexity index is 997. The zero-order valence-electron chi connectivity index (χ0n) is 14.8. The largest absolute Gasteiger partial charge is 0.353 e. The molecule has 27 heavy (non-hydrogen) atoms. The lowest BCUT2D eigenvalue weighted by atomic mass is 10.1. The van der Waals surface area contributed by atoms with Crippen LogP contribution in [0.4, 0.5) is 5.82 Å². The van der Waals surface area contributed by atoms with Crippen molar-refractivity contribution in [2.24, 2.45) is 0 Å². The molecule has 0 aliphatic carbocycles. The van der Waals surface area contributed by atoms with E-state index >= 15 is 0 Å². The number of amides is 1. The van der Waals surface area contributed by atoms with E-state index in [1.54, 1.807) is 22.7 Å². The molecule has 0 saturated carbocycles. The fourth-order valence-electron chi connectivity index (χ4n) is 3.22. The number of nitrogens with zero attached hydrogens (tertiary/aromatic N) is 6. The van der Waals surface area contributed by atoms with Gasteiger partial charge in [-0.15, -0.1) is 0 Å². The highest BCUT2D eigenvalue weighted by Crippen LogP contribution is 2.24. The molecule has 0 unspecified atom stereocenters. The fourth-order valence-corrected chi connectivity index (χ4v) is 3.71. The molecule has 2 aromatic heterocycles. The van der Waals surface area contributed by atoms with E-state index in [1.165, 1.54) is 6.33 Å². The highest BCUT2D eigenvalue weighted by molar-refractivity contribution is 6.36. The van der Waals surface area contributed by atoms with E-state index in [0.717, 1.165) is 17.9 Å². The van der Waals surface area contributed by atoms with Crippen LogP contribution < -0.4 is 4.90 Å². The third-order valence-electron chi connectivity index (χ3n) is 4.70. The lowest BCUT2D eigenvalue weighted by Crippen LogP contribution is -2.49. The topological polar surface area (TPSA) is 66.6 Å². The van der Waals surface area contributed by atoms with Crippen LogP contribution in [0.1, 0.15) is 23.0 Å². The van der Waals surface area contributed by atoms with Crippen LogP contribution in [0.25, 0.3) is 5.78 Å². The molecule has 1 aliphatic rings. The van der Waals surface area contributed by atoms with Gasteiger partial charge in [0.25, 0.3) is 11.7 Å². The van der Waals surface area contributed by atoms with Gasteiger partial charge in [-0.25, -0.2) is 4.98 Å². The lowest BCUT2D eigenvalue weighted by Gasteiger charge is -2.36. The van der Waals surface area contributed by atoms with Crippen LogP contribution in [-0.2, 0) is 6.42 Å². The molecule has 0 N–H and O–H groups in total. The predicted molar refractivity (Wildman–Crippen MR) is 105 cm³/mol. The van der Waals surface area contributed by atoms with Crippen molar-refractivity contribution in [3.05, 3.63) is 51.9 Å². The predicted octanol–water partition coefficient (Wildman–Crippen LogP) is 2.96. The maximum atomic E-state index is 12.8. The average molecular weight is 405 g/mol. The van der Waals surface area contributed by atoms with Crippen LogP contribution in [0.3, 0.4) is 0 Å². The van der Waals surface area contributed by atoms with Crippen molar-refractivity contribution >= 4 is 40.7 Å². The number of hydrogen-bond acceptors (Lipinski definition) is 5. The molecule has 0 radical (unpaired) electrons. The standard InChI is InChI=1S/C18H18Cl2N6O/c1-2-13-10-16(26-18(23-13)21-11-22-26)24-5-7-25(8-6-24)17(27)14-4-3-12(19)9-15(14)20/h3-4,9-11H,2,5-8H2,1H3. The summed E-state index contributed by atoms with van der Waals surface area (Å²) in [6, 6.07) is 6.99. The fraction of sp³-hybridized carbons (Fsp3) is 0.333. The van der Waals surface area contributed by atoms with Crippen molar-refractivity contribution in [3.8, 4) is 0 Å². The monoisotopic (exact) mass is 404 g/mol. The molecule has 1 aliphatic heterocycles. The number of anilines is 1. The van der Waals surface area contributed by atoms with E-state index in [9.17, 15) is 4.79 Å². The average Bonchev–Trinajstić information content (AvgIpc) is 3.15. The van der Waals surface area contributed by atoms with Gasteiger partial charge in [0.05, 0.1) is 10.6 Å². The number of aryl methyl sites for hydroxylation is 1. The van der Waals surface area contributed by atoms with Crippen LogP contribution in [0.15, 0.2) is 30.6 Å². The Morgan fingerprint density at radius 3 is 2.63 bits per heavy atom. The highest BCUT2D eigenvalue weighted by Gasteiger charge is 2.25. The molecule has 1 aromatic carbocycles. The third-order valence-corrected chi connectivity index (χ3v) is 5.25. The number of benzene rings is 1. The smallest absolute Gasteiger partial charge is 0.255 e. The van der Waals surface area contributed by atoms with E-state index in [-0.39, 0.29) is 5.91 Å². The first-order valence-electron chi connectivity index (χ1n) is 8.75. The number of fused-ring (bicyclic) bond motifs is 1. The summed E-state index contributed by atoms with van der Waals surface area (Å²) < 4.78 is 1.74. The molecule has 3 heterocycles. The van der Waals surface area contributed by atoms with Gasteiger partial charge in [-0.05, 0) is 24.6 Å². The number of carbonyl (C=O) groups excluding carboxylic acids is 1. The summed E-state index contributed by atoms with van der Waals surface area (Å²) in [6.07, 6.45) is 2.33. The van der Waals surface area contributed by atoms with Gasteiger partial charge in [0, 0.05) is 43.0 Å². The molecule has 0 bridgehead atoms. The maximum Gasteiger partial charge on any atom is 0.255 e. The summed E-state index contributed by atoms with van der Waals surface area (Å²) >= 11 is 12.1. The van der Waals surface area contributed by atoms with Gasteiger partial charge in [0.1, 0.15) is 12.1 Å². The summed E-state index contributed by atoms with van der Waals surface area (Å²) in [5, 5.41) is 5.17. The molecular weight excluding hydrogens is 387 g/mol. The number of carbonyl (C=O) groups is 1. The van der Waals surface area contributed by atoms with Crippen LogP contribution in [-0.4, -0.2) is 56.6 Å². The number of hydrogen-bond donors (Lipinski definition) is 0. The molecule has 140 valence electrons. The Balaban J connectivity index is 1.52. The van der Waals surface area contributed by atoms with Gasteiger partial charge in [0.2, 0.25) is 0 Å². The van der Waals surface area contributed by atoms with Crippen LogP contribution in [0.5, 0.6) is 0 Å². The van der Waals surface area contributed by atoms with E-state index in [2.05, 4.69) is 26.9 Å². The van der Waals surface area contributed by atoms with Gasteiger partial charge < -0.3 is 9.80 Å². The van der Waals surface area contributed by atoms with Gasteiger partial charge in [0.15, 0.2) is 0 Å². The number of rotatable bonds is 3. The minimum atomic E-state index is -0.0776. The van der Waals surface area contributed by atoms with Crippen molar-refractivity contribution < 1.29 is 4.79 Å². The Hall–Kier alpha value is -2.38. The molecule has 1 saturated heterocycles. The zero-order chi connectivity index (χ0) is 19.0. The number of halogens is 2. The number of aromatic nitrogens is 4. The first-order chi connectivity index (χ1) is 13.1. The third kappa shape index (κ3) is 3.44. The molecule has 7 nitrogen and oxygen atoms in total. The molecular formula is C18H18Cl2N6O. The van der Waals surface area contributed by atoms with Crippen molar-refractivity contribution in [3.63, 3.8) is 0 Å². The van der Waals surface area contributed by atoms with Crippen LogP contribution >= 0.6 is 23.2 Å². The van der Waals surface area contributed by atoms with E-state index in [0.29, 0.717) is 47.6 Å². The minimum absolute atomic E-state index is 0.0776. The van der Waals surface area contributed by atoms with E-state index < -0.39 is 0 Å². The molecule has 3 aromatic rings. The molecule has 9 heteroatoms. The van der Waals surface area contributed by atoms with Crippen LogP contribution in [0.2, 0.25) is 10.0 Å². The summed E-state index contributed by atoms with van der Waals surface area (Å²) in [5.41, 5.74) is 1.45. The number of piperazine rings is 1. The van der Waals surface area contributed by atoms with Crippen molar-refractivity contribution in [1.82, 2.24) is 24.5 Å². The van der Waals surface area contributed by atoms with Crippen molar-refractivity contribution in [1.29, 1.82) is 0 Å². The molecule has 1 fully saturated rings. The zero-order valence-corrected chi connectivity index (χ0v) is 16.3. The Kier molecular flexibility index (Phi) is 4.88. The first-order valence-corrected chi connectivity index (χ1v) is 9.51. The highest BCUT2D eigenvalue weighted by atomic mass is 35.5. The second-order valence-electron chi connectivity index (χ2n) is 6.33. The van der Waals surface area contributed by atoms with Gasteiger partial charge in [-0.3, -0.25) is 4.79 Å². The van der Waals surface area contributed by atoms with Crippen LogP contribution in [0, 0.1) is 0 Å². The molecule has 0 spiro atoms. The Morgan fingerprint density at radius 2 is 1.93 bits per heavy atom. The van der Waals surface area contributed by atoms with Crippen molar-refractivity contribution in [2.45, 2.75) is 13.3 Å². The minimum Gasteiger partial charge on any atom is -0.353 e.